The molecule has 0 unspecified atom stereocenters. The number of carbonyl (C=O) groups is 1. The van der Waals surface area contributed by atoms with Gasteiger partial charge in [-0.3, -0.25) is 4.79 Å². The Bertz CT molecular complexity index is 640. The smallest absolute Gasteiger partial charge is 0.256 e. The summed E-state index contributed by atoms with van der Waals surface area (Å²) in [6, 6.07) is 9.81. The van der Waals surface area contributed by atoms with E-state index in [2.05, 4.69) is 20.6 Å². The van der Waals surface area contributed by atoms with Crippen molar-refractivity contribution < 1.29 is 4.79 Å². The lowest BCUT2D eigenvalue weighted by atomic mass is 10.1. The number of amides is 1. The summed E-state index contributed by atoms with van der Waals surface area (Å²) in [6.07, 6.45) is 0.694. The lowest BCUT2D eigenvalue weighted by Crippen LogP contribution is -2.25. The van der Waals surface area contributed by atoms with Crippen molar-refractivity contribution in [2.45, 2.75) is 13.3 Å². The molecule has 102 valence electrons. The maximum Gasteiger partial charge on any atom is 0.256 e. The molecule has 5 nitrogen and oxygen atoms in total. The van der Waals surface area contributed by atoms with Crippen LogP contribution in [0.3, 0.4) is 0 Å². The molecule has 0 spiro atoms. The van der Waals surface area contributed by atoms with Gasteiger partial charge in [0.2, 0.25) is 0 Å². The van der Waals surface area contributed by atoms with Crippen molar-refractivity contribution in [1.29, 1.82) is 0 Å². The third-order valence-corrected chi connectivity index (χ3v) is 3.28. The molecule has 1 aromatic carbocycles. The number of nitrogens with zero attached hydrogens (tertiary/aromatic N) is 2. The van der Waals surface area contributed by atoms with E-state index < -0.39 is 0 Å². The molecule has 1 amide bonds. The van der Waals surface area contributed by atoms with Crippen molar-refractivity contribution in [1.82, 2.24) is 15.3 Å². The van der Waals surface area contributed by atoms with Gasteiger partial charge in [0.05, 0.1) is 5.69 Å². The van der Waals surface area contributed by atoms with E-state index in [0.29, 0.717) is 36.7 Å². The van der Waals surface area contributed by atoms with Gasteiger partial charge in [0.25, 0.3) is 5.91 Å². The van der Waals surface area contributed by atoms with Crippen LogP contribution in [0.1, 0.15) is 23.0 Å². The molecular formula is C15H16N4O. The fourth-order valence-corrected chi connectivity index (χ4v) is 2.29. The zero-order chi connectivity index (χ0) is 13.9. The number of carbonyl (C=O) groups excluding carboxylic acids is 1. The highest BCUT2D eigenvalue weighted by molar-refractivity contribution is 6.00. The van der Waals surface area contributed by atoms with Gasteiger partial charge in [0.1, 0.15) is 11.4 Å². The fourth-order valence-electron chi connectivity index (χ4n) is 2.29. The van der Waals surface area contributed by atoms with E-state index in [9.17, 15) is 4.79 Å². The highest BCUT2D eigenvalue weighted by Gasteiger charge is 2.22. The van der Waals surface area contributed by atoms with E-state index in [-0.39, 0.29) is 5.91 Å². The summed E-state index contributed by atoms with van der Waals surface area (Å²) in [5.41, 5.74) is 2.31. The Morgan fingerprint density at radius 1 is 1.10 bits per heavy atom. The zero-order valence-electron chi connectivity index (χ0n) is 11.3. The van der Waals surface area contributed by atoms with Gasteiger partial charge in [-0.15, -0.1) is 0 Å². The van der Waals surface area contributed by atoms with E-state index in [1.807, 2.05) is 37.3 Å². The Morgan fingerprint density at radius 2 is 1.85 bits per heavy atom. The van der Waals surface area contributed by atoms with Gasteiger partial charge in [0.15, 0.2) is 5.82 Å². The summed E-state index contributed by atoms with van der Waals surface area (Å²) in [7, 11) is 0. The minimum absolute atomic E-state index is 0.0959. The minimum Gasteiger partial charge on any atom is -0.368 e. The van der Waals surface area contributed by atoms with Gasteiger partial charge >= 0.3 is 0 Å². The average molecular weight is 268 g/mol. The van der Waals surface area contributed by atoms with Crippen LogP contribution in [0.4, 0.5) is 5.82 Å². The summed E-state index contributed by atoms with van der Waals surface area (Å²) < 4.78 is 0. The lowest BCUT2D eigenvalue weighted by Gasteiger charge is -2.11. The first-order valence-electron chi connectivity index (χ1n) is 6.78. The number of benzene rings is 1. The molecule has 1 aromatic heterocycles. The summed E-state index contributed by atoms with van der Waals surface area (Å²) in [6.45, 7) is 3.27. The first-order chi connectivity index (χ1) is 9.79. The van der Waals surface area contributed by atoms with Crippen molar-refractivity contribution in [3.63, 3.8) is 0 Å². The highest BCUT2D eigenvalue weighted by atomic mass is 16.1. The molecule has 1 aliphatic heterocycles. The molecule has 1 aliphatic rings. The molecule has 2 aromatic rings. The van der Waals surface area contributed by atoms with E-state index in [4.69, 9.17) is 0 Å². The maximum absolute atomic E-state index is 12.1. The van der Waals surface area contributed by atoms with E-state index in [1.165, 1.54) is 0 Å². The first-order valence-corrected chi connectivity index (χ1v) is 6.78. The van der Waals surface area contributed by atoms with Gasteiger partial charge in [-0.25, -0.2) is 9.97 Å². The quantitative estimate of drug-likeness (QED) is 0.872. The molecular weight excluding hydrogens is 252 g/mol. The molecule has 20 heavy (non-hydrogen) atoms. The molecule has 5 heteroatoms. The van der Waals surface area contributed by atoms with Crippen molar-refractivity contribution >= 4 is 11.7 Å². The number of aryl methyl sites for hydroxylation is 1. The van der Waals surface area contributed by atoms with Gasteiger partial charge in [-0.05, 0) is 6.42 Å². The molecule has 0 radical (unpaired) electrons. The number of nitrogens with one attached hydrogen (secondary N) is 2. The van der Waals surface area contributed by atoms with Crippen molar-refractivity contribution in [3.8, 4) is 11.4 Å². The number of hydrogen-bond acceptors (Lipinski definition) is 4. The normalized spacial score (nSPS) is 13.9. The molecule has 0 fully saturated rings. The van der Waals surface area contributed by atoms with Crippen LogP contribution in [-0.2, 0) is 6.42 Å². The van der Waals surface area contributed by atoms with Gasteiger partial charge in [-0.2, -0.15) is 0 Å². The molecule has 2 N–H and O–H groups in total. The maximum atomic E-state index is 12.1. The standard InChI is InChI=1S/C15H16N4O/c1-2-11-12-14(16-8-9-17-15(12)20)19-13(18-11)10-6-4-3-5-7-10/h3-7H,2,8-9H2,1H3,(H,17,20)(H,16,18,19). The highest BCUT2D eigenvalue weighted by Crippen LogP contribution is 2.23. The zero-order valence-corrected chi connectivity index (χ0v) is 11.3. The number of rotatable bonds is 2. The molecule has 2 heterocycles. The molecule has 0 saturated heterocycles. The third kappa shape index (κ3) is 2.22. The third-order valence-electron chi connectivity index (χ3n) is 3.28. The monoisotopic (exact) mass is 268 g/mol. The minimum atomic E-state index is -0.0959. The van der Waals surface area contributed by atoms with Crippen LogP contribution in [0, 0.1) is 0 Å². The predicted octanol–water partition coefficient (Wildman–Crippen LogP) is 1.86. The second kappa shape index (κ2) is 5.28. The SMILES string of the molecule is CCc1nc(-c2ccccc2)nc2c1C(=O)NCCN2. The molecule has 3 rings (SSSR count). The van der Waals surface area contributed by atoms with E-state index >= 15 is 0 Å². The summed E-state index contributed by atoms with van der Waals surface area (Å²) >= 11 is 0. The van der Waals surface area contributed by atoms with Gasteiger partial charge in [-0.1, -0.05) is 37.3 Å². The van der Waals surface area contributed by atoms with Gasteiger partial charge < -0.3 is 10.6 Å². The summed E-state index contributed by atoms with van der Waals surface area (Å²) in [4.78, 5) is 21.2. The first kappa shape index (κ1) is 12.6. The number of hydrogen-bond donors (Lipinski definition) is 2. The van der Waals surface area contributed by atoms with E-state index in [0.717, 1.165) is 11.3 Å². The number of fused-ring (bicyclic) bond motifs is 1. The van der Waals surface area contributed by atoms with Crippen molar-refractivity contribution in [2.75, 3.05) is 18.4 Å². The average Bonchev–Trinajstić information content (AvgIpc) is 2.69. The lowest BCUT2D eigenvalue weighted by molar-refractivity contribution is 0.0956. The second-order valence-electron chi connectivity index (χ2n) is 4.62. The second-order valence-corrected chi connectivity index (χ2v) is 4.62. The molecule has 0 atom stereocenters. The van der Waals surface area contributed by atoms with Crippen LogP contribution in [0.25, 0.3) is 11.4 Å². The Kier molecular flexibility index (Phi) is 3.33. The van der Waals surface area contributed by atoms with Crippen LogP contribution in [0.2, 0.25) is 0 Å². The Balaban J connectivity index is 2.16. The largest absolute Gasteiger partial charge is 0.368 e. The van der Waals surface area contributed by atoms with Crippen LogP contribution >= 0.6 is 0 Å². The van der Waals surface area contributed by atoms with Crippen LogP contribution < -0.4 is 10.6 Å². The molecule has 0 saturated carbocycles. The Hall–Kier alpha value is -2.43. The van der Waals surface area contributed by atoms with Crippen LogP contribution in [0.5, 0.6) is 0 Å². The summed E-state index contributed by atoms with van der Waals surface area (Å²) in [5, 5.41) is 6.06. The number of aromatic nitrogens is 2. The van der Waals surface area contributed by atoms with Crippen LogP contribution in [0.15, 0.2) is 30.3 Å². The molecule has 0 aliphatic carbocycles. The van der Waals surface area contributed by atoms with E-state index in [1.54, 1.807) is 0 Å². The number of anilines is 1. The van der Waals surface area contributed by atoms with Gasteiger partial charge in [0, 0.05) is 18.7 Å². The summed E-state index contributed by atoms with van der Waals surface area (Å²) in [5.74, 6) is 1.19. The predicted molar refractivity (Wildman–Crippen MR) is 77.7 cm³/mol. The Morgan fingerprint density at radius 3 is 2.60 bits per heavy atom. The van der Waals surface area contributed by atoms with Crippen molar-refractivity contribution in [3.05, 3.63) is 41.6 Å². The Labute approximate surface area is 117 Å². The molecule has 0 bridgehead atoms. The van der Waals surface area contributed by atoms with Crippen LogP contribution in [-0.4, -0.2) is 29.0 Å². The topological polar surface area (TPSA) is 66.9 Å². The van der Waals surface area contributed by atoms with Crippen molar-refractivity contribution in [2.24, 2.45) is 0 Å². The fraction of sp³-hybridized carbons (Fsp3) is 0.267.